The highest BCUT2D eigenvalue weighted by molar-refractivity contribution is 5.95. The summed E-state index contributed by atoms with van der Waals surface area (Å²) in [5.74, 6) is 2.98. The van der Waals surface area contributed by atoms with E-state index in [1.54, 1.807) is 0 Å². The van der Waals surface area contributed by atoms with Crippen molar-refractivity contribution in [2.24, 2.45) is 12.0 Å². The van der Waals surface area contributed by atoms with Crippen LogP contribution in [0.15, 0.2) is 53.5 Å². The van der Waals surface area contributed by atoms with Crippen LogP contribution in [-0.2, 0) is 13.6 Å². The van der Waals surface area contributed by atoms with Crippen molar-refractivity contribution in [2.75, 3.05) is 18.5 Å². The number of carbonyl (C=O) groups excluding carboxylic acids is 1. The molecule has 2 atom stereocenters. The van der Waals surface area contributed by atoms with Gasteiger partial charge in [-0.05, 0) is 43.3 Å². The van der Waals surface area contributed by atoms with Crippen LogP contribution in [-0.4, -0.2) is 40.0 Å². The van der Waals surface area contributed by atoms with E-state index < -0.39 is 0 Å². The fraction of sp³-hybridized carbons (Fsp3) is 0.360. The second kappa shape index (κ2) is 9.44. The predicted octanol–water partition coefficient (Wildman–Crippen LogP) is 3.63. The van der Waals surface area contributed by atoms with Gasteiger partial charge in [-0.25, -0.2) is 0 Å². The topological polar surface area (TPSA) is 93.4 Å². The summed E-state index contributed by atoms with van der Waals surface area (Å²) in [7, 11) is 2.01. The van der Waals surface area contributed by atoms with Gasteiger partial charge in [-0.15, -0.1) is 10.2 Å². The molecule has 8 heteroatoms. The number of hydrogen-bond donors (Lipinski definition) is 2. The van der Waals surface area contributed by atoms with Gasteiger partial charge in [0.15, 0.2) is 5.82 Å². The maximum atomic E-state index is 13.0. The highest BCUT2D eigenvalue weighted by Crippen LogP contribution is 2.31. The third-order valence-corrected chi connectivity index (χ3v) is 6.33. The van der Waals surface area contributed by atoms with Crippen LogP contribution in [0.4, 0.5) is 5.69 Å². The van der Waals surface area contributed by atoms with Crippen molar-refractivity contribution in [3.05, 3.63) is 71.3 Å². The maximum Gasteiger partial charge on any atom is 0.251 e. The van der Waals surface area contributed by atoms with Gasteiger partial charge in [-0.2, -0.15) is 0 Å². The van der Waals surface area contributed by atoms with Crippen molar-refractivity contribution in [3.63, 3.8) is 0 Å². The highest BCUT2D eigenvalue weighted by Gasteiger charge is 2.23. The number of anilines is 1. The molecule has 0 bridgehead atoms. The minimum absolute atomic E-state index is 0.0547. The zero-order valence-electron chi connectivity index (χ0n) is 18.7. The van der Waals surface area contributed by atoms with E-state index in [0.717, 1.165) is 54.5 Å². The normalized spacial score (nSPS) is 19.4. The van der Waals surface area contributed by atoms with Gasteiger partial charge in [0.1, 0.15) is 11.6 Å². The first-order valence-electron chi connectivity index (χ1n) is 11.4. The number of benzene rings is 2. The van der Waals surface area contributed by atoms with Crippen molar-refractivity contribution in [1.29, 1.82) is 0 Å². The van der Waals surface area contributed by atoms with E-state index in [0.29, 0.717) is 24.6 Å². The van der Waals surface area contributed by atoms with Crippen LogP contribution in [0, 0.1) is 0 Å². The number of aromatic nitrogens is 3. The Morgan fingerprint density at radius 3 is 2.94 bits per heavy atom. The largest absolute Gasteiger partial charge is 0.493 e. The molecular formula is C25H28N6O2. The second-order valence-corrected chi connectivity index (χ2v) is 8.48. The second-order valence-electron chi connectivity index (χ2n) is 8.48. The van der Waals surface area contributed by atoms with Crippen molar-refractivity contribution in [3.8, 4) is 5.75 Å². The van der Waals surface area contributed by atoms with E-state index in [2.05, 4.69) is 30.4 Å². The first-order valence-corrected chi connectivity index (χ1v) is 11.4. The van der Waals surface area contributed by atoms with Crippen LogP contribution in [0.5, 0.6) is 5.75 Å². The fourth-order valence-corrected chi connectivity index (χ4v) is 4.45. The number of nitrogens with one attached hydrogen (secondary N) is 2. The van der Waals surface area contributed by atoms with Gasteiger partial charge >= 0.3 is 0 Å². The molecule has 33 heavy (non-hydrogen) atoms. The lowest BCUT2D eigenvalue weighted by Gasteiger charge is -2.26. The predicted molar refractivity (Wildman–Crippen MR) is 127 cm³/mol. The number of rotatable bonds is 6. The third kappa shape index (κ3) is 4.60. The SMILES string of the molecule is Cn1c(CNc2cccc(C(=O)N[C@@H]3CCOc4ccccc43)c2)nnc1C1CC=NCC1. The molecule has 1 amide bonds. The number of fused-ring (bicyclic) bond motifs is 1. The number of aliphatic imine (C=N–C) groups is 1. The van der Waals surface area contributed by atoms with E-state index >= 15 is 0 Å². The van der Waals surface area contributed by atoms with Crippen LogP contribution in [0.1, 0.15) is 58.8 Å². The summed E-state index contributed by atoms with van der Waals surface area (Å²) in [6.45, 7) is 1.97. The van der Waals surface area contributed by atoms with Crippen molar-refractivity contribution in [1.82, 2.24) is 20.1 Å². The maximum absolute atomic E-state index is 13.0. The first-order chi connectivity index (χ1) is 16.2. The molecule has 2 aromatic carbocycles. The molecule has 2 aliphatic rings. The zero-order chi connectivity index (χ0) is 22.6. The Balaban J connectivity index is 1.23. The van der Waals surface area contributed by atoms with Gasteiger partial charge in [0.25, 0.3) is 5.91 Å². The molecule has 8 nitrogen and oxygen atoms in total. The monoisotopic (exact) mass is 444 g/mol. The number of para-hydroxylation sites is 1. The van der Waals surface area contributed by atoms with Crippen molar-refractivity contribution in [2.45, 2.75) is 37.8 Å². The van der Waals surface area contributed by atoms with Gasteiger partial charge in [0.2, 0.25) is 0 Å². The average Bonchev–Trinajstić information content (AvgIpc) is 3.24. The lowest BCUT2D eigenvalue weighted by Crippen LogP contribution is -2.32. The third-order valence-electron chi connectivity index (χ3n) is 6.33. The summed E-state index contributed by atoms with van der Waals surface area (Å²) in [6, 6.07) is 15.4. The number of nitrogens with zero attached hydrogens (tertiary/aromatic N) is 4. The van der Waals surface area contributed by atoms with Gasteiger partial charge in [0, 0.05) is 42.7 Å². The Bertz CT molecular complexity index is 1170. The minimum atomic E-state index is -0.0970. The average molecular weight is 445 g/mol. The molecule has 0 radical (unpaired) electrons. The molecule has 0 saturated carbocycles. The molecule has 0 aliphatic carbocycles. The van der Waals surface area contributed by atoms with Gasteiger partial charge in [-0.3, -0.25) is 9.79 Å². The molecule has 2 N–H and O–H groups in total. The molecular weight excluding hydrogens is 416 g/mol. The van der Waals surface area contributed by atoms with E-state index in [1.807, 2.05) is 61.8 Å². The molecule has 3 aromatic rings. The lowest BCUT2D eigenvalue weighted by molar-refractivity contribution is 0.0925. The fourth-order valence-electron chi connectivity index (χ4n) is 4.45. The first kappa shape index (κ1) is 21.2. The van der Waals surface area contributed by atoms with Crippen molar-refractivity contribution >= 4 is 17.8 Å². The van der Waals surface area contributed by atoms with Crippen LogP contribution in [0.25, 0.3) is 0 Å². The Hall–Kier alpha value is -3.68. The number of carbonyl (C=O) groups is 1. The molecule has 0 saturated heterocycles. The zero-order valence-corrected chi connectivity index (χ0v) is 18.7. The number of amides is 1. The Kier molecular flexibility index (Phi) is 6.06. The minimum Gasteiger partial charge on any atom is -0.493 e. The number of hydrogen-bond acceptors (Lipinski definition) is 6. The quantitative estimate of drug-likeness (QED) is 0.606. The summed E-state index contributed by atoms with van der Waals surface area (Å²) in [5.41, 5.74) is 2.50. The molecule has 2 aliphatic heterocycles. The molecule has 1 unspecified atom stereocenters. The highest BCUT2D eigenvalue weighted by atomic mass is 16.5. The van der Waals surface area contributed by atoms with Crippen LogP contribution in [0.2, 0.25) is 0 Å². The Morgan fingerprint density at radius 1 is 1.15 bits per heavy atom. The summed E-state index contributed by atoms with van der Waals surface area (Å²) < 4.78 is 7.77. The van der Waals surface area contributed by atoms with Gasteiger partial charge in [0.05, 0.1) is 19.2 Å². The van der Waals surface area contributed by atoms with Crippen LogP contribution in [0.3, 0.4) is 0 Å². The van der Waals surface area contributed by atoms with E-state index in [9.17, 15) is 4.79 Å². The molecule has 5 rings (SSSR count). The molecule has 0 spiro atoms. The molecule has 170 valence electrons. The van der Waals surface area contributed by atoms with Gasteiger partial charge < -0.3 is 19.9 Å². The molecule has 1 aromatic heterocycles. The lowest BCUT2D eigenvalue weighted by atomic mass is 9.99. The Morgan fingerprint density at radius 2 is 2.06 bits per heavy atom. The van der Waals surface area contributed by atoms with E-state index in [4.69, 9.17) is 4.74 Å². The van der Waals surface area contributed by atoms with Crippen molar-refractivity contribution < 1.29 is 9.53 Å². The van der Waals surface area contributed by atoms with E-state index in [-0.39, 0.29) is 11.9 Å². The standard InChI is InChI=1S/C25H28N6O2/c1-31-23(29-30-24(31)17-9-12-26-13-10-17)16-27-19-6-4-5-18(15-19)25(32)28-21-11-14-33-22-8-3-2-7-20(21)22/h2-8,12,15,17,21,27H,9-11,13-14,16H2,1H3,(H,28,32)/t17?,21-/m1/s1. The van der Waals surface area contributed by atoms with Crippen LogP contribution >= 0.6 is 0 Å². The molecule has 0 fully saturated rings. The van der Waals surface area contributed by atoms with Crippen LogP contribution < -0.4 is 15.4 Å². The summed E-state index contributed by atoms with van der Waals surface area (Å²) in [6.07, 6.45) is 4.65. The summed E-state index contributed by atoms with van der Waals surface area (Å²) in [4.78, 5) is 17.3. The van der Waals surface area contributed by atoms with Gasteiger partial charge in [-0.1, -0.05) is 24.3 Å². The van der Waals surface area contributed by atoms with E-state index in [1.165, 1.54) is 0 Å². The molecule has 3 heterocycles. The Labute approximate surface area is 193 Å². The number of ether oxygens (including phenoxy) is 1. The summed E-state index contributed by atoms with van der Waals surface area (Å²) in [5, 5.41) is 15.3. The summed E-state index contributed by atoms with van der Waals surface area (Å²) >= 11 is 0. The smallest absolute Gasteiger partial charge is 0.251 e.